The smallest absolute Gasteiger partial charge is 0.223 e. The van der Waals surface area contributed by atoms with E-state index >= 15 is 0 Å². The van der Waals surface area contributed by atoms with Crippen molar-refractivity contribution in [1.82, 2.24) is 24.7 Å². The number of para-hydroxylation sites is 1. The van der Waals surface area contributed by atoms with Gasteiger partial charge in [-0.1, -0.05) is 24.3 Å². The topological polar surface area (TPSA) is 68.5 Å². The van der Waals surface area contributed by atoms with E-state index in [0.29, 0.717) is 5.95 Å². The minimum atomic E-state index is 0.189. The van der Waals surface area contributed by atoms with Crippen LogP contribution in [0.5, 0.6) is 0 Å². The molecule has 140 valence electrons. The summed E-state index contributed by atoms with van der Waals surface area (Å²) in [4.78, 5) is 13.2. The Morgan fingerprint density at radius 2 is 1.93 bits per heavy atom. The second-order valence-electron chi connectivity index (χ2n) is 6.84. The molecule has 0 fully saturated rings. The Bertz CT molecular complexity index is 1060. The molecule has 6 nitrogen and oxygen atoms in total. The third-order valence-electron chi connectivity index (χ3n) is 4.54. The molecule has 3 aromatic heterocycles. The van der Waals surface area contributed by atoms with E-state index in [0.717, 1.165) is 23.4 Å². The monoisotopic (exact) mass is 370 g/mol. The maximum absolute atomic E-state index is 4.66. The van der Waals surface area contributed by atoms with Crippen molar-refractivity contribution in [2.24, 2.45) is 0 Å². The van der Waals surface area contributed by atoms with E-state index in [-0.39, 0.29) is 6.04 Å². The van der Waals surface area contributed by atoms with Crippen LogP contribution in [-0.4, -0.2) is 30.8 Å². The van der Waals surface area contributed by atoms with Gasteiger partial charge in [-0.3, -0.25) is 4.98 Å². The fourth-order valence-corrected chi connectivity index (χ4v) is 3.14. The van der Waals surface area contributed by atoms with E-state index in [1.165, 1.54) is 11.1 Å². The predicted molar refractivity (Wildman–Crippen MR) is 110 cm³/mol. The molecular formula is C22H22N6. The molecule has 0 saturated heterocycles. The van der Waals surface area contributed by atoms with Crippen LogP contribution in [0.25, 0.3) is 16.9 Å². The van der Waals surface area contributed by atoms with Crippen LogP contribution >= 0.6 is 0 Å². The quantitative estimate of drug-likeness (QED) is 0.554. The third kappa shape index (κ3) is 4.06. The summed E-state index contributed by atoms with van der Waals surface area (Å²) in [6.07, 6.45) is 10.1. The summed E-state index contributed by atoms with van der Waals surface area (Å²) in [5, 5.41) is 7.87. The van der Waals surface area contributed by atoms with Crippen LogP contribution in [0.2, 0.25) is 0 Å². The second-order valence-corrected chi connectivity index (χ2v) is 6.84. The molecule has 3 heterocycles. The highest BCUT2D eigenvalue weighted by Gasteiger charge is 2.10. The largest absolute Gasteiger partial charge is 0.351 e. The lowest BCUT2D eigenvalue weighted by Crippen LogP contribution is -2.19. The zero-order chi connectivity index (χ0) is 19.3. The van der Waals surface area contributed by atoms with Crippen LogP contribution in [0.1, 0.15) is 18.1 Å². The van der Waals surface area contributed by atoms with E-state index in [1.54, 1.807) is 12.4 Å². The van der Waals surface area contributed by atoms with Crippen molar-refractivity contribution in [3.05, 3.63) is 84.6 Å². The number of pyridine rings is 1. The van der Waals surface area contributed by atoms with E-state index in [4.69, 9.17) is 0 Å². The van der Waals surface area contributed by atoms with Gasteiger partial charge in [-0.25, -0.2) is 14.6 Å². The Morgan fingerprint density at radius 1 is 1.04 bits per heavy atom. The number of nitrogens with zero attached hydrogens (tertiary/aromatic N) is 5. The molecule has 0 bridgehead atoms. The summed E-state index contributed by atoms with van der Waals surface area (Å²) >= 11 is 0. The van der Waals surface area contributed by atoms with Gasteiger partial charge in [0.25, 0.3) is 0 Å². The van der Waals surface area contributed by atoms with Crippen LogP contribution in [0.4, 0.5) is 5.95 Å². The number of hydrogen-bond donors (Lipinski definition) is 1. The van der Waals surface area contributed by atoms with Gasteiger partial charge in [0.05, 0.1) is 17.6 Å². The first-order chi connectivity index (χ1) is 13.7. The zero-order valence-corrected chi connectivity index (χ0v) is 15.9. The lowest BCUT2D eigenvalue weighted by atomic mass is 10.1. The fraction of sp³-hybridized carbons (Fsp3) is 0.182. The molecule has 0 spiro atoms. The molecule has 1 aromatic carbocycles. The van der Waals surface area contributed by atoms with Gasteiger partial charge in [0.1, 0.15) is 0 Å². The van der Waals surface area contributed by atoms with Gasteiger partial charge in [0.2, 0.25) is 5.95 Å². The summed E-state index contributed by atoms with van der Waals surface area (Å²) < 4.78 is 1.88. The Kier molecular flexibility index (Phi) is 5.10. The fourth-order valence-electron chi connectivity index (χ4n) is 3.14. The molecule has 0 aliphatic carbocycles. The lowest BCUT2D eigenvalue weighted by Gasteiger charge is -2.13. The molecule has 1 unspecified atom stereocenters. The molecule has 0 radical (unpaired) electrons. The lowest BCUT2D eigenvalue weighted by molar-refractivity contribution is 0.774. The molecule has 4 rings (SSSR count). The standard InChI is InChI=1S/C22H22N6/c1-16-6-3-4-8-21(16)28-15-19(14-25-28)20-9-11-24-22(27-20)26-17(2)12-18-7-5-10-23-13-18/h3-11,13-15,17H,12H2,1-2H3,(H,24,26,27). The second kappa shape index (κ2) is 8.00. The van der Waals surface area contributed by atoms with Crippen LogP contribution in [-0.2, 0) is 6.42 Å². The zero-order valence-electron chi connectivity index (χ0n) is 15.9. The highest BCUT2D eigenvalue weighted by molar-refractivity contribution is 5.59. The Labute approximate surface area is 164 Å². The molecular weight excluding hydrogens is 348 g/mol. The number of benzene rings is 1. The number of rotatable bonds is 6. The summed E-state index contributed by atoms with van der Waals surface area (Å²) in [6, 6.07) is 14.3. The Balaban J connectivity index is 1.50. The average Bonchev–Trinajstić information content (AvgIpc) is 3.19. The minimum Gasteiger partial charge on any atom is -0.351 e. The van der Waals surface area contributed by atoms with Crippen molar-refractivity contribution in [3.63, 3.8) is 0 Å². The maximum atomic E-state index is 4.66. The first kappa shape index (κ1) is 17.9. The predicted octanol–water partition coefficient (Wildman–Crippen LogP) is 4.08. The SMILES string of the molecule is Cc1ccccc1-n1cc(-c2ccnc(NC(C)Cc3cccnc3)n2)cn1. The summed E-state index contributed by atoms with van der Waals surface area (Å²) in [5.41, 5.74) is 5.20. The summed E-state index contributed by atoms with van der Waals surface area (Å²) in [7, 11) is 0. The number of aryl methyl sites for hydroxylation is 1. The van der Waals surface area contributed by atoms with E-state index < -0.39 is 0 Å². The van der Waals surface area contributed by atoms with Crippen molar-refractivity contribution in [2.45, 2.75) is 26.3 Å². The molecule has 0 saturated carbocycles. The highest BCUT2D eigenvalue weighted by atomic mass is 15.3. The molecule has 0 amide bonds. The van der Waals surface area contributed by atoms with Crippen molar-refractivity contribution in [1.29, 1.82) is 0 Å². The van der Waals surface area contributed by atoms with E-state index in [2.05, 4.69) is 57.4 Å². The molecule has 4 aromatic rings. The molecule has 28 heavy (non-hydrogen) atoms. The molecule has 1 atom stereocenters. The van der Waals surface area contributed by atoms with Crippen molar-refractivity contribution < 1.29 is 0 Å². The van der Waals surface area contributed by atoms with Crippen LogP contribution in [0, 0.1) is 6.92 Å². The van der Waals surface area contributed by atoms with Gasteiger partial charge in [-0.15, -0.1) is 0 Å². The summed E-state index contributed by atoms with van der Waals surface area (Å²) in [6.45, 7) is 4.19. The Hall–Kier alpha value is -3.54. The van der Waals surface area contributed by atoms with Gasteiger partial charge in [-0.2, -0.15) is 5.10 Å². The average molecular weight is 370 g/mol. The third-order valence-corrected chi connectivity index (χ3v) is 4.54. The van der Waals surface area contributed by atoms with Crippen LogP contribution in [0.15, 0.2) is 73.4 Å². The van der Waals surface area contributed by atoms with Crippen molar-refractivity contribution >= 4 is 5.95 Å². The number of anilines is 1. The van der Waals surface area contributed by atoms with Crippen molar-refractivity contribution in [2.75, 3.05) is 5.32 Å². The van der Waals surface area contributed by atoms with Gasteiger partial charge < -0.3 is 5.32 Å². The van der Waals surface area contributed by atoms with Crippen LogP contribution < -0.4 is 5.32 Å². The Morgan fingerprint density at radius 3 is 2.75 bits per heavy atom. The first-order valence-electron chi connectivity index (χ1n) is 9.28. The number of nitrogens with one attached hydrogen (secondary N) is 1. The number of hydrogen-bond acceptors (Lipinski definition) is 5. The molecule has 1 N–H and O–H groups in total. The van der Waals surface area contributed by atoms with Crippen molar-refractivity contribution in [3.8, 4) is 16.9 Å². The summed E-state index contributed by atoms with van der Waals surface area (Å²) in [5.74, 6) is 0.609. The molecule has 0 aliphatic rings. The normalized spacial score (nSPS) is 11.9. The van der Waals surface area contributed by atoms with Gasteiger partial charge in [-0.05, 0) is 49.6 Å². The van der Waals surface area contributed by atoms with Crippen LogP contribution in [0.3, 0.4) is 0 Å². The van der Waals surface area contributed by atoms with Gasteiger partial charge in [0, 0.05) is 36.4 Å². The van der Waals surface area contributed by atoms with E-state index in [9.17, 15) is 0 Å². The first-order valence-corrected chi connectivity index (χ1v) is 9.28. The van der Waals surface area contributed by atoms with E-state index in [1.807, 2.05) is 47.5 Å². The minimum absolute atomic E-state index is 0.189. The molecule has 6 heteroatoms. The number of aromatic nitrogens is 5. The highest BCUT2D eigenvalue weighted by Crippen LogP contribution is 2.20. The maximum Gasteiger partial charge on any atom is 0.223 e. The van der Waals surface area contributed by atoms with Gasteiger partial charge in [0.15, 0.2) is 0 Å². The van der Waals surface area contributed by atoms with Gasteiger partial charge >= 0.3 is 0 Å². The molecule has 0 aliphatic heterocycles.